The summed E-state index contributed by atoms with van der Waals surface area (Å²) >= 11 is 7.89. The molecule has 1 aliphatic rings. The van der Waals surface area contributed by atoms with E-state index in [0.29, 0.717) is 15.4 Å². The van der Waals surface area contributed by atoms with Crippen molar-refractivity contribution >= 4 is 45.2 Å². The number of hydrogen-bond acceptors (Lipinski definition) is 1. The minimum Gasteiger partial charge on any atom is -0.328 e. The first-order valence-electron chi connectivity index (χ1n) is 7.00. The number of alkyl halides is 1. The van der Waals surface area contributed by atoms with Gasteiger partial charge in [0.05, 0.1) is 14.6 Å². The van der Waals surface area contributed by atoms with Crippen LogP contribution in [0.3, 0.4) is 0 Å². The predicted octanol–water partition coefficient (Wildman–Crippen LogP) is 4.61. The maximum Gasteiger partial charge on any atom is 0.138 e. The number of rotatable bonds is 5. The number of nitrogens with zero attached hydrogens (tertiary/aromatic N) is 2. The van der Waals surface area contributed by atoms with Crippen molar-refractivity contribution in [1.82, 2.24) is 9.55 Å². The second-order valence-electron chi connectivity index (χ2n) is 5.65. The van der Waals surface area contributed by atoms with Gasteiger partial charge < -0.3 is 4.57 Å². The smallest absolute Gasteiger partial charge is 0.138 e. The van der Waals surface area contributed by atoms with E-state index in [9.17, 15) is 4.39 Å². The fourth-order valence-electron chi connectivity index (χ4n) is 2.75. The number of aryl methyl sites for hydroxylation is 1. The van der Waals surface area contributed by atoms with Gasteiger partial charge in [0.2, 0.25) is 0 Å². The highest BCUT2D eigenvalue weighted by molar-refractivity contribution is 14.1. The van der Waals surface area contributed by atoms with Crippen molar-refractivity contribution in [3.05, 3.63) is 27.3 Å². The van der Waals surface area contributed by atoms with E-state index >= 15 is 0 Å². The summed E-state index contributed by atoms with van der Waals surface area (Å²) in [4.78, 5) is 4.64. The van der Waals surface area contributed by atoms with Crippen LogP contribution in [-0.4, -0.2) is 15.4 Å². The van der Waals surface area contributed by atoms with Crippen molar-refractivity contribution in [2.45, 2.75) is 32.7 Å². The van der Waals surface area contributed by atoms with Crippen LogP contribution in [0.4, 0.5) is 4.39 Å². The van der Waals surface area contributed by atoms with Gasteiger partial charge in [-0.25, -0.2) is 9.37 Å². The Kier molecular flexibility index (Phi) is 4.22. The Morgan fingerprint density at radius 3 is 2.90 bits per heavy atom. The summed E-state index contributed by atoms with van der Waals surface area (Å²) in [5.41, 5.74) is 1.77. The molecule has 2 aromatic rings. The zero-order chi connectivity index (χ0) is 14.3. The summed E-state index contributed by atoms with van der Waals surface area (Å²) < 4.78 is 16.6. The zero-order valence-corrected chi connectivity index (χ0v) is 14.3. The molecule has 0 bridgehead atoms. The van der Waals surface area contributed by atoms with Crippen molar-refractivity contribution in [3.8, 4) is 0 Å². The van der Waals surface area contributed by atoms with Gasteiger partial charge in [0.25, 0.3) is 0 Å². The lowest BCUT2D eigenvalue weighted by Crippen LogP contribution is -2.12. The predicted molar refractivity (Wildman–Crippen MR) is 88.7 cm³/mol. The average Bonchev–Trinajstić information content (AvgIpc) is 3.20. The highest BCUT2D eigenvalue weighted by Gasteiger charge is 2.29. The fourth-order valence-corrected chi connectivity index (χ4v) is 3.37. The molecule has 0 amide bonds. The van der Waals surface area contributed by atoms with Crippen molar-refractivity contribution < 1.29 is 4.39 Å². The molecule has 1 unspecified atom stereocenters. The largest absolute Gasteiger partial charge is 0.328 e. The highest BCUT2D eigenvalue weighted by atomic mass is 127. The maximum atomic E-state index is 13.9. The Bertz CT molecular complexity index is 636. The molecule has 0 N–H and O–H groups in total. The molecule has 0 spiro atoms. The monoisotopic (exact) mass is 406 g/mol. The molecular weight excluding hydrogens is 390 g/mol. The molecule has 0 saturated heterocycles. The molecule has 1 aromatic carbocycles. The van der Waals surface area contributed by atoms with E-state index < -0.39 is 0 Å². The van der Waals surface area contributed by atoms with Gasteiger partial charge >= 0.3 is 0 Å². The Balaban J connectivity index is 2.04. The van der Waals surface area contributed by atoms with Crippen LogP contribution in [0.15, 0.2) is 12.1 Å². The number of fused-ring (bicyclic) bond motifs is 1. The third-order valence-corrected chi connectivity index (χ3v) is 5.10. The summed E-state index contributed by atoms with van der Waals surface area (Å²) in [6.45, 7) is 3.18. The van der Waals surface area contributed by atoms with E-state index in [2.05, 4.69) is 16.5 Å². The van der Waals surface area contributed by atoms with E-state index in [1.165, 1.54) is 12.8 Å². The van der Waals surface area contributed by atoms with Crippen LogP contribution in [0.1, 0.15) is 25.6 Å². The molecule has 5 heteroatoms. The first-order chi connectivity index (χ1) is 9.60. The molecule has 0 radical (unpaired) electrons. The van der Waals surface area contributed by atoms with Gasteiger partial charge in [-0.05, 0) is 53.3 Å². The van der Waals surface area contributed by atoms with Crippen LogP contribution in [0.5, 0.6) is 0 Å². The second-order valence-corrected chi connectivity index (χ2v) is 7.19. The SMILES string of the molecule is CC(Cn1c(CCCl)nc2cc(I)c(F)cc21)C1CC1. The standard InChI is InChI=1S/C15H17ClFIN2/c1-9(10-2-3-10)8-20-14-6-11(17)12(18)7-13(14)19-15(20)4-5-16/h6-7,9-10H,2-5,8H2,1H3. The third kappa shape index (κ3) is 2.82. The second kappa shape index (κ2) is 5.79. The van der Waals surface area contributed by atoms with Crippen molar-refractivity contribution in [2.24, 2.45) is 11.8 Å². The van der Waals surface area contributed by atoms with Crippen molar-refractivity contribution in [3.63, 3.8) is 0 Å². The van der Waals surface area contributed by atoms with Gasteiger partial charge in [-0.2, -0.15) is 0 Å². The summed E-state index contributed by atoms with van der Waals surface area (Å²) in [5, 5.41) is 0. The molecule has 1 aromatic heterocycles. The number of aromatic nitrogens is 2. The maximum absolute atomic E-state index is 13.9. The van der Waals surface area contributed by atoms with Crippen LogP contribution >= 0.6 is 34.2 Å². The summed E-state index contributed by atoms with van der Waals surface area (Å²) in [6.07, 6.45) is 3.38. The Morgan fingerprint density at radius 1 is 1.50 bits per heavy atom. The molecule has 1 aliphatic carbocycles. The first-order valence-corrected chi connectivity index (χ1v) is 8.61. The van der Waals surface area contributed by atoms with E-state index in [1.54, 1.807) is 6.07 Å². The summed E-state index contributed by atoms with van der Waals surface area (Å²) in [5.74, 6) is 2.79. The topological polar surface area (TPSA) is 17.8 Å². The van der Waals surface area contributed by atoms with Gasteiger partial charge in [0.1, 0.15) is 11.6 Å². The minimum atomic E-state index is -0.171. The Labute approximate surface area is 136 Å². The minimum absolute atomic E-state index is 0.171. The van der Waals surface area contributed by atoms with Gasteiger partial charge in [-0.1, -0.05) is 6.92 Å². The number of hydrogen-bond donors (Lipinski definition) is 0. The highest BCUT2D eigenvalue weighted by Crippen LogP contribution is 2.38. The molecule has 1 heterocycles. The molecule has 1 saturated carbocycles. The van der Waals surface area contributed by atoms with Crippen LogP contribution in [0.25, 0.3) is 11.0 Å². The summed E-state index contributed by atoms with van der Waals surface area (Å²) in [7, 11) is 0. The van der Waals surface area contributed by atoms with Crippen LogP contribution < -0.4 is 0 Å². The van der Waals surface area contributed by atoms with E-state index in [1.807, 2.05) is 28.7 Å². The van der Waals surface area contributed by atoms with Crippen LogP contribution in [-0.2, 0) is 13.0 Å². The first kappa shape index (κ1) is 14.6. The molecule has 1 atom stereocenters. The van der Waals surface area contributed by atoms with Gasteiger partial charge in [-0.15, -0.1) is 11.6 Å². The molecule has 0 aliphatic heterocycles. The lowest BCUT2D eigenvalue weighted by atomic mass is 10.1. The van der Waals surface area contributed by atoms with Gasteiger partial charge in [0, 0.05) is 24.9 Å². The third-order valence-electron chi connectivity index (χ3n) is 4.08. The van der Waals surface area contributed by atoms with Crippen LogP contribution in [0.2, 0.25) is 0 Å². The van der Waals surface area contributed by atoms with Gasteiger partial charge in [-0.3, -0.25) is 0 Å². The van der Waals surface area contributed by atoms with Crippen LogP contribution in [0, 0.1) is 21.2 Å². The number of halogens is 3. The van der Waals surface area contributed by atoms with Gasteiger partial charge in [0.15, 0.2) is 0 Å². The Hall–Kier alpha value is -0.360. The number of imidazole rings is 1. The van der Waals surface area contributed by atoms with E-state index in [4.69, 9.17) is 11.6 Å². The summed E-state index contributed by atoms with van der Waals surface area (Å²) in [6, 6.07) is 3.43. The zero-order valence-electron chi connectivity index (χ0n) is 11.4. The molecule has 2 nitrogen and oxygen atoms in total. The lowest BCUT2D eigenvalue weighted by molar-refractivity contribution is 0.429. The molecule has 1 fully saturated rings. The van der Waals surface area contributed by atoms with E-state index in [0.717, 1.165) is 35.7 Å². The normalized spacial score (nSPS) is 16.8. The fraction of sp³-hybridized carbons (Fsp3) is 0.533. The van der Waals surface area contributed by atoms with Crippen molar-refractivity contribution in [2.75, 3.05) is 5.88 Å². The quantitative estimate of drug-likeness (QED) is 0.524. The Morgan fingerprint density at radius 2 is 2.25 bits per heavy atom. The van der Waals surface area contributed by atoms with E-state index in [-0.39, 0.29) is 5.82 Å². The lowest BCUT2D eigenvalue weighted by Gasteiger charge is -2.14. The molecule has 108 valence electrons. The average molecular weight is 407 g/mol. The molecular formula is C15H17ClFIN2. The number of benzene rings is 1. The molecule has 3 rings (SSSR count). The van der Waals surface area contributed by atoms with Crippen molar-refractivity contribution in [1.29, 1.82) is 0 Å². The molecule has 20 heavy (non-hydrogen) atoms.